The fourth-order valence-electron chi connectivity index (χ4n) is 7.28. The van der Waals surface area contributed by atoms with Crippen LogP contribution >= 0.6 is 11.3 Å². The van der Waals surface area contributed by atoms with E-state index in [9.17, 15) is 8.22 Å². The normalized spacial score (nSPS) is 12.9. The van der Waals surface area contributed by atoms with Crippen molar-refractivity contribution in [1.29, 1.82) is 0 Å². The van der Waals surface area contributed by atoms with Gasteiger partial charge >= 0.3 is 0 Å². The molecule has 8 aromatic carbocycles. The molecule has 0 saturated carbocycles. The van der Waals surface area contributed by atoms with Crippen molar-refractivity contribution in [2.24, 2.45) is 0 Å². The molecule has 0 unspecified atom stereocenters. The number of furan rings is 1. The van der Waals surface area contributed by atoms with Crippen LogP contribution in [0.3, 0.4) is 0 Å². The largest absolute Gasteiger partial charge is 0.453 e. The van der Waals surface area contributed by atoms with Gasteiger partial charge in [-0.25, -0.2) is 15.0 Å². The minimum atomic E-state index is -0.302. The second-order valence-electron chi connectivity index (χ2n) is 13.9. The van der Waals surface area contributed by atoms with E-state index in [0.29, 0.717) is 37.7 Å². The molecule has 11 rings (SSSR count). The van der Waals surface area contributed by atoms with Crippen LogP contribution in [0.5, 0.6) is 0 Å². The maximum atomic E-state index is 9.74. The van der Waals surface area contributed by atoms with Gasteiger partial charge in [0.2, 0.25) is 0 Å². The van der Waals surface area contributed by atoms with Gasteiger partial charge in [-0.3, -0.25) is 0 Å². The first-order chi connectivity index (χ1) is 31.2. The van der Waals surface area contributed by atoms with Crippen LogP contribution in [0.4, 0.5) is 0 Å². The third kappa shape index (κ3) is 6.34. The Hall–Kier alpha value is -7.47. The fourth-order valence-corrected chi connectivity index (χ4v) is 8.24. The van der Waals surface area contributed by atoms with E-state index in [1.165, 1.54) is 0 Å². The second kappa shape index (κ2) is 14.2. The molecule has 0 atom stereocenters. The highest BCUT2D eigenvalue weighted by molar-refractivity contribution is 7.25. The van der Waals surface area contributed by atoms with Gasteiger partial charge in [-0.05, 0) is 93.0 Å². The molecule has 11 aromatic rings. The summed E-state index contributed by atoms with van der Waals surface area (Å²) in [5, 5.41) is 1.33. The number of rotatable bonds is 7. The SMILES string of the molecule is [2H]c1c(-c2cc(-c3ccccc3)cc(-c3ccccc3)c2)c([2H])c2c(sc3c([2H])c(-c4nc(-c5ccc(-c6ccccc6)cc5)nc(-c5cc6ccccc6o5)n4)c([2H])c([2H])c32)c1[2H]. The summed E-state index contributed by atoms with van der Waals surface area (Å²) in [6, 6.07) is 52.0. The van der Waals surface area contributed by atoms with Gasteiger partial charge < -0.3 is 4.42 Å². The van der Waals surface area contributed by atoms with Crippen LogP contribution in [0, 0.1) is 0 Å². The first-order valence-electron chi connectivity index (χ1n) is 21.8. The Morgan fingerprint density at radius 2 is 0.897 bits per heavy atom. The zero-order chi connectivity index (χ0) is 43.6. The van der Waals surface area contributed by atoms with Gasteiger partial charge in [-0.15, -0.1) is 11.3 Å². The number of nitrogens with zero attached hydrogens (tertiary/aromatic N) is 3. The predicted molar refractivity (Wildman–Crippen MR) is 241 cm³/mol. The van der Waals surface area contributed by atoms with Crippen molar-refractivity contribution >= 4 is 42.5 Å². The number of para-hydroxylation sites is 1. The molecule has 0 spiro atoms. The van der Waals surface area contributed by atoms with Gasteiger partial charge in [0.1, 0.15) is 5.58 Å². The highest BCUT2D eigenvalue weighted by atomic mass is 32.1. The maximum Gasteiger partial charge on any atom is 0.199 e. The summed E-state index contributed by atoms with van der Waals surface area (Å²) in [7, 11) is 0. The van der Waals surface area contributed by atoms with Crippen molar-refractivity contribution in [3.05, 3.63) is 200 Å². The summed E-state index contributed by atoms with van der Waals surface area (Å²) in [5.74, 6) is 0.877. The van der Waals surface area contributed by atoms with Crippen LogP contribution in [0.25, 0.3) is 110 Å². The second-order valence-corrected chi connectivity index (χ2v) is 15.0. The average molecular weight is 766 g/mol. The van der Waals surface area contributed by atoms with Crippen LogP contribution in [-0.2, 0) is 0 Å². The van der Waals surface area contributed by atoms with Gasteiger partial charge in [-0.2, -0.15) is 0 Å². The quantitative estimate of drug-likeness (QED) is 0.162. The molecule has 0 amide bonds. The first-order valence-corrected chi connectivity index (χ1v) is 19.7. The van der Waals surface area contributed by atoms with Crippen molar-refractivity contribution in [2.45, 2.75) is 0 Å². The smallest absolute Gasteiger partial charge is 0.199 e. The Morgan fingerprint density at radius 3 is 1.55 bits per heavy atom. The van der Waals surface area contributed by atoms with Crippen LogP contribution in [0.15, 0.2) is 204 Å². The van der Waals surface area contributed by atoms with E-state index in [0.717, 1.165) is 50.1 Å². The van der Waals surface area contributed by atoms with Crippen LogP contribution < -0.4 is 0 Å². The molecule has 3 heterocycles. The van der Waals surface area contributed by atoms with Crippen molar-refractivity contribution in [2.75, 3.05) is 0 Å². The molecule has 0 fully saturated rings. The Bertz CT molecular complexity index is 3520. The van der Waals surface area contributed by atoms with E-state index in [2.05, 4.69) is 6.07 Å². The van der Waals surface area contributed by atoms with Crippen LogP contribution in [0.1, 0.15) is 8.22 Å². The lowest BCUT2D eigenvalue weighted by atomic mass is 9.93. The average Bonchev–Trinajstić information content (AvgIpc) is 3.98. The maximum absolute atomic E-state index is 9.74. The van der Waals surface area contributed by atoms with Gasteiger partial charge in [0.25, 0.3) is 0 Å². The van der Waals surface area contributed by atoms with E-state index in [-0.39, 0.29) is 69.8 Å². The van der Waals surface area contributed by atoms with Crippen LogP contribution in [-0.4, -0.2) is 15.0 Å². The molecule has 3 aromatic heterocycles. The molecule has 5 heteroatoms. The Labute approximate surface area is 347 Å². The number of thiophene rings is 1. The molecule has 4 nitrogen and oxygen atoms in total. The van der Waals surface area contributed by atoms with Crippen molar-refractivity contribution < 1.29 is 12.6 Å². The number of fused-ring (bicyclic) bond motifs is 4. The molecule has 0 aliphatic carbocycles. The van der Waals surface area contributed by atoms with E-state index in [4.69, 9.17) is 19.4 Å². The van der Waals surface area contributed by atoms with Crippen molar-refractivity contribution in [3.63, 3.8) is 0 Å². The first kappa shape index (κ1) is 28.0. The minimum absolute atomic E-state index is 0.0124. The van der Waals surface area contributed by atoms with E-state index in [1.807, 2.05) is 158 Å². The fraction of sp³-hybridized carbons (Fsp3) is 0. The zero-order valence-corrected chi connectivity index (χ0v) is 31.6. The van der Waals surface area contributed by atoms with Crippen LogP contribution in [0.2, 0.25) is 0 Å². The molecule has 0 saturated heterocycles. The lowest BCUT2D eigenvalue weighted by molar-refractivity contribution is 0.625. The minimum Gasteiger partial charge on any atom is -0.453 e. The number of benzene rings is 8. The molecular formula is C53H33N3OS. The lowest BCUT2D eigenvalue weighted by Crippen LogP contribution is -1.99. The summed E-state index contributed by atoms with van der Waals surface area (Å²) in [6.07, 6.45) is 0. The summed E-state index contributed by atoms with van der Waals surface area (Å²) < 4.78 is 63.9. The monoisotopic (exact) mass is 765 g/mol. The summed E-state index contributed by atoms with van der Waals surface area (Å²) in [4.78, 5) is 14.5. The topological polar surface area (TPSA) is 51.8 Å². The van der Waals surface area contributed by atoms with Gasteiger partial charge in [0, 0.05) is 36.7 Å². The van der Waals surface area contributed by atoms with Crippen molar-refractivity contribution in [1.82, 2.24) is 15.0 Å². The highest BCUT2D eigenvalue weighted by Gasteiger charge is 2.17. The van der Waals surface area contributed by atoms with E-state index in [1.54, 1.807) is 0 Å². The summed E-state index contributed by atoms with van der Waals surface area (Å²) >= 11 is 1.07. The standard InChI is InChI=1S/C53H33N3OS/c1-4-12-34(13-5-1)37-20-22-38(23-21-37)51-54-52(56-53(55-51)48-32-40-18-10-11-19-47(40)57-48)41-24-26-45-46-31-39(25-27-49(46)58-50(45)33-41)44-29-42(35-14-6-2-7-15-35)28-43(30-44)36-16-8-3-9-17-36/h1-33H/i24D,25D,26D,27D,31D,33D. The molecule has 58 heavy (non-hydrogen) atoms. The molecule has 0 radical (unpaired) electrons. The predicted octanol–water partition coefficient (Wildman–Crippen LogP) is 14.7. The van der Waals surface area contributed by atoms with Crippen molar-refractivity contribution in [3.8, 4) is 78.9 Å². The third-order valence-corrected chi connectivity index (χ3v) is 11.2. The third-order valence-electron chi connectivity index (χ3n) is 10.2. The van der Waals surface area contributed by atoms with E-state index >= 15 is 0 Å². The summed E-state index contributed by atoms with van der Waals surface area (Å²) in [6.45, 7) is 0. The van der Waals surface area contributed by atoms with E-state index < -0.39 is 0 Å². The lowest BCUT2D eigenvalue weighted by Gasteiger charge is -2.11. The molecule has 0 aliphatic rings. The molecular weight excluding hydrogens is 727 g/mol. The Morgan fingerprint density at radius 1 is 0.379 bits per heavy atom. The number of hydrogen-bond donors (Lipinski definition) is 0. The highest BCUT2D eigenvalue weighted by Crippen LogP contribution is 2.40. The zero-order valence-electron chi connectivity index (χ0n) is 36.7. The number of hydrogen-bond acceptors (Lipinski definition) is 5. The molecule has 0 N–H and O–H groups in total. The molecule has 0 aliphatic heterocycles. The summed E-state index contributed by atoms with van der Waals surface area (Å²) in [5.41, 5.74) is 7.90. The Kier molecular flexibility index (Phi) is 6.87. The van der Waals surface area contributed by atoms with Gasteiger partial charge in [0.05, 0.1) is 8.22 Å². The van der Waals surface area contributed by atoms with Gasteiger partial charge in [-0.1, -0.05) is 152 Å². The Balaban J connectivity index is 1.11. The molecule has 272 valence electrons. The molecule has 0 bridgehead atoms. The number of aromatic nitrogens is 3. The van der Waals surface area contributed by atoms with Gasteiger partial charge in [0.15, 0.2) is 23.2 Å².